The number of nitrogens with one attached hydrogen (secondary N) is 1. The van der Waals surface area contributed by atoms with Crippen molar-refractivity contribution in [2.75, 3.05) is 0 Å². The van der Waals surface area contributed by atoms with Crippen molar-refractivity contribution in [2.24, 2.45) is 5.41 Å². The quantitative estimate of drug-likeness (QED) is 0.424. The Hall–Kier alpha value is -2.55. The number of fused-ring (bicyclic) bond motifs is 2. The number of halogens is 2. The number of pyridine rings is 1. The van der Waals surface area contributed by atoms with Gasteiger partial charge in [0.1, 0.15) is 17.1 Å². The summed E-state index contributed by atoms with van der Waals surface area (Å²) in [6, 6.07) is 1.22. The van der Waals surface area contributed by atoms with E-state index in [1.807, 2.05) is 11.5 Å². The van der Waals surface area contributed by atoms with Crippen LogP contribution in [0.4, 0.5) is 4.39 Å². The summed E-state index contributed by atoms with van der Waals surface area (Å²) < 4.78 is 15.7. The summed E-state index contributed by atoms with van der Waals surface area (Å²) in [5.74, 6) is -0.0232. The van der Waals surface area contributed by atoms with Crippen LogP contribution in [0, 0.1) is 11.2 Å². The molecule has 0 spiro atoms. The van der Waals surface area contributed by atoms with Gasteiger partial charge in [0.25, 0.3) is 0 Å². The molecule has 5 rings (SSSR count). The highest BCUT2D eigenvalue weighted by atomic mass is 35.5. The standard InChI is InChI=1S/C21H21ClFN5O2/c1-21(20(29)30)5-3-2-4-16(21)28-10-15(22)14-9-26-18(27-19(14)28)13-8-25-17-12(13)6-11(23)7-24-17/h6-10,16,20,29-30H,2-5H2,1H3,(H,24,25)/t16-,21-/m1/s1. The first-order valence-corrected chi connectivity index (χ1v) is 10.3. The minimum absolute atomic E-state index is 0.175. The zero-order valence-corrected chi connectivity index (χ0v) is 17.1. The molecule has 1 aliphatic carbocycles. The van der Waals surface area contributed by atoms with Crippen LogP contribution in [0.25, 0.3) is 33.5 Å². The van der Waals surface area contributed by atoms with Crippen LogP contribution < -0.4 is 0 Å². The second-order valence-corrected chi connectivity index (χ2v) is 8.62. The van der Waals surface area contributed by atoms with Crippen LogP contribution >= 0.6 is 11.6 Å². The summed E-state index contributed by atoms with van der Waals surface area (Å²) >= 11 is 6.47. The molecule has 9 heteroatoms. The van der Waals surface area contributed by atoms with Crippen molar-refractivity contribution in [2.45, 2.75) is 44.9 Å². The first kappa shape index (κ1) is 19.4. The average molecular weight is 430 g/mol. The highest BCUT2D eigenvalue weighted by molar-refractivity contribution is 6.35. The summed E-state index contributed by atoms with van der Waals surface area (Å²) in [4.78, 5) is 16.3. The highest BCUT2D eigenvalue weighted by Gasteiger charge is 2.43. The normalized spacial score (nSPS) is 22.4. The lowest BCUT2D eigenvalue weighted by Crippen LogP contribution is -2.42. The van der Waals surface area contributed by atoms with Crippen molar-refractivity contribution >= 4 is 33.7 Å². The van der Waals surface area contributed by atoms with Gasteiger partial charge in [-0.15, -0.1) is 0 Å². The van der Waals surface area contributed by atoms with Gasteiger partial charge in [0.2, 0.25) is 0 Å². The predicted molar refractivity (Wildman–Crippen MR) is 111 cm³/mol. The first-order chi connectivity index (χ1) is 14.4. The molecule has 30 heavy (non-hydrogen) atoms. The Morgan fingerprint density at radius 2 is 2.10 bits per heavy atom. The Kier molecular flexibility index (Phi) is 4.53. The molecule has 3 N–H and O–H groups in total. The van der Waals surface area contributed by atoms with Crippen molar-refractivity contribution in [3.63, 3.8) is 0 Å². The van der Waals surface area contributed by atoms with E-state index in [1.165, 1.54) is 6.07 Å². The van der Waals surface area contributed by atoms with Gasteiger partial charge >= 0.3 is 0 Å². The monoisotopic (exact) mass is 429 g/mol. The summed E-state index contributed by atoms with van der Waals surface area (Å²) in [6.45, 7) is 1.89. The van der Waals surface area contributed by atoms with E-state index >= 15 is 0 Å². The topological polar surface area (TPSA) is 99.8 Å². The van der Waals surface area contributed by atoms with Crippen LogP contribution in [0.5, 0.6) is 0 Å². The Bertz CT molecular complexity index is 1250. The van der Waals surface area contributed by atoms with Crippen molar-refractivity contribution in [1.82, 2.24) is 24.5 Å². The third-order valence-electron chi connectivity index (χ3n) is 6.39. The molecule has 4 aromatic rings. The van der Waals surface area contributed by atoms with E-state index in [0.717, 1.165) is 25.5 Å². The van der Waals surface area contributed by atoms with Crippen LogP contribution in [0.3, 0.4) is 0 Å². The minimum atomic E-state index is -1.46. The number of rotatable bonds is 3. The largest absolute Gasteiger partial charge is 0.368 e. The van der Waals surface area contributed by atoms with E-state index < -0.39 is 17.5 Å². The number of aliphatic hydroxyl groups is 2. The van der Waals surface area contributed by atoms with E-state index in [1.54, 1.807) is 18.6 Å². The second kappa shape index (κ2) is 7.01. The molecule has 7 nitrogen and oxygen atoms in total. The number of nitrogens with zero attached hydrogens (tertiary/aromatic N) is 4. The van der Waals surface area contributed by atoms with E-state index in [4.69, 9.17) is 16.6 Å². The summed E-state index contributed by atoms with van der Waals surface area (Å²) in [5.41, 5.74) is 1.08. The van der Waals surface area contributed by atoms with Crippen molar-refractivity contribution < 1.29 is 14.6 Å². The van der Waals surface area contributed by atoms with Gasteiger partial charge in [-0.3, -0.25) is 0 Å². The molecule has 1 saturated carbocycles. The molecule has 0 unspecified atom stereocenters. The molecule has 2 atom stereocenters. The molecule has 156 valence electrons. The van der Waals surface area contributed by atoms with Gasteiger partial charge in [0.05, 0.1) is 16.6 Å². The lowest BCUT2D eigenvalue weighted by molar-refractivity contribution is -0.158. The SMILES string of the molecule is C[C@@]1(C(O)O)CCCC[C@H]1n1cc(Cl)c2cnc(-c3c[nH]c4ncc(F)cc34)nc21. The van der Waals surface area contributed by atoms with Gasteiger partial charge in [0.15, 0.2) is 12.1 Å². The molecule has 4 heterocycles. The molecule has 1 fully saturated rings. The van der Waals surface area contributed by atoms with Crippen LogP contribution in [0.1, 0.15) is 38.6 Å². The smallest absolute Gasteiger partial charge is 0.163 e. The fraction of sp³-hybridized carbons (Fsp3) is 0.381. The minimum Gasteiger partial charge on any atom is -0.368 e. The van der Waals surface area contributed by atoms with E-state index in [9.17, 15) is 14.6 Å². The third kappa shape index (κ3) is 2.90. The zero-order valence-electron chi connectivity index (χ0n) is 16.3. The highest BCUT2D eigenvalue weighted by Crippen LogP contribution is 2.48. The molecule has 0 radical (unpaired) electrons. The number of aromatic amines is 1. The van der Waals surface area contributed by atoms with Crippen molar-refractivity contribution in [1.29, 1.82) is 0 Å². The van der Waals surface area contributed by atoms with Gasteiger partial charge < -0.3 is 19.8 Å². The zero-order chi connectivity index (χ0) is 21.0. The van der Waals surface area contributed by atoms with Gasteiger partial charge in [-0.25, -0.2) is 19.3 Å². The maximum Gasteiger partial charge on any atom is 0.163 e. The summed E-state index contributed by atoms with van der Waals surface area (Å²) in [6.07, 6.45) is 8.24. The van der Waals surface area contributed by atoms with Crippen LogP contribution in [0.15, 0.2) is 30.9 Å². The van der Waals surface area contributed by atoms with Crippen molar-refractivity contribution in [3.05, 3.63) is 41.7 Å². The van der Waals surface area contributed by atoms with Gasteiger partial charge in [-0.05, 0) is 18.9 Å². The van der Waals surface area contributed by atoms with Crippen LogP contribution in [-0.4, -0.2) is 41.0 Å². The summed E-state index contributed by atoms with van der Waals surface area (Å²) in [5, 5.41) is 22.0. The Morgan fingerprint density at radius 3 is 2.90 bits per heavy atom. The molecule has 0 aliphatic heterocycles. The number of hydrogen-bond donors (Lipinski definition) is 3. The number of aromatic nitrogens is 5. The van der Waals surface area contributed by atoms with Crippen LogP contribution in [0.2, 0.25) is 5.02 Å². The Morgan fingerprint density at radius 1 is 1.27 bits per heavy atom. The Labute approximate surface area is 176 Å². The molecule has 4 aromatic heterocycles. The number of hydrogen-bond acceptors (Lipinski definition) is 5. The fourth-order valence-electron chi connectivity index (χ4n) is 4.62. The first-order valence-electron chi connectivity index (χ1n) is 9.91. The molecule has 0 aromatic carbocycles. The van der Waals surface area contributed by atoms with E-state index in [-0.39, 0.29) is 6.04 Å². The predicted octanol–water partition coefficient (Wildman–Crippen LogP) is 4.20. The maximum absolute atomic E-state index is 13.7. The maximum atomic E-state index is 13.7. The average Bonchev–Trinajstić information content (AvgIpc) is 3.28. The number of aliphatic hydroxyl groups excluding tert-OH is 1. The molecular weight excluding hydrogens is 409 g/mol. The van der Waals surface area contributed by atoms with Crippen molar-refractivity contribution in [3.8, 4) is 11.4 Å². The second-order valence-electron chi connectivity index (χ2n) is 8.21. The number of H-pyrrole nitrogens is 1. The summed E-state index contributed by atoms with van der Waals surface area (Å²) in [7, 11) is 0. The Balaban J connectivity index is 1.69. The van der Waals surface area contributed by atoms with Gasteiger partial charge in [-0.2, -0.15) is 0 Å². The van der Waals surface area contributed by atoms with Crippen LogP contribution in [-0.2, 0) is 0 Å². The molecule has 0 saturated heterocycles. The lowest BCUT2D eigenvalue weighted by atomic mass is 9.71. The van der Waals surface area contributed by atoms with E-state index in [0.29, 0.717) is 44.9 Å². The molecular formula is C21H21ClFN5O2. The molecule has 0 bridgehead atoms. The molecule has 0 amide bonds. The van der Waals surface area contributed by atoms with E-state index in [2.05, 4.69) is 15.0 Å². The molecule has 1 aliphatic rings. The van der Waals surface area contributed by atoms with Gasteiger partial charge in [0, 0.05) is 41.0 Å². The lowest BCUT2D eigenvalue weighted by Gasteiger charge is -2.43. The third-order valence-corrected chi connectivity index (χ3v) is 6.69. The van der Waals surface area contributed by atoms with Gasteiger partial charge in [-0.1, -0.05) is 31.4 Å². The fourth-order valence-corrected chi connectivity index (χ4v) is 4.86.